The van der Waals surface area contributed by atoms with Crippen molar-refractivity contribution in [2.75, 3.05) is 11.6 Å². The van der Waals surface area contributed by atoms with E-state index in [4.69, 9.17) is 5.26 Å². The lowest BCUT2D eigenvalue weighted by Crippen LogP contribution is -2.12. The van der Waals surface area contributed by atoms with Gasteiger partial charge in [0.1, 0.15) is 0 Å². The first-order valence-electron chi connectivity index (χ1n) is 5.88. The number of hydrogen-bond acceptors (Lipinski definition) is 5. The second-order valence-corrected chi connectivity index (χ2v) is 6.27. The van der Waals surface area contributed by atoms with Gasteiger partial charge in [-0.2, -0.15) is 5.26 Å². The fourth-order valence-corrected chi connectivity index (χ4v) is 2.17. The zero-order valence-electron chi connectivity index (χ0n) is 11.1. The largest absolute Gasteiger partial charge is 0.321 e. The van der Waals surface area contributed by atoms with E-state index in [1.807, 2.05) is 6.07 Å². The molecule has 0 saturated heterocycles. The highest BCUT2D eigenvalue weighted by Crippen LogP contribution is 2.12. The van der Waals surface area contributed by atoms with E-state index in [0.717, 1.165) is 6.26 Å². The standard InChI is InChI=1S/C14H11N3O3S/c1-21(19,20)13-6-5-12(9-16-13)17-14(18)11-4-2-3-10(7-11)8-15/h2-7,9H,1H3,(H,17,18). The molecule has 1 aromatic heterocycles. The number of amides is 1. The average molecular weight is 301 g/mol. The van der Waals surface area contributed by atoms with Gasteiger partial charge < -0.3 is 5.32 Å². The minimum atomic E-state index is -3.37. The van der Waals surface area contributed by atoms with Crippen molar-refractivity contribution in [2.45, 2.75) is 5.03 Å². The van der Waals surface area contributed by atoms with Crippen molar-refractivity contribution >= 4 is 21.4 Å². The normalized spacial score (nSPS) is 10.7. The van der Waals surface area contributed by atoms with Gasteiger partial charge in [0.25, 0.3) is 5.91 Å². The van der Waals surface area contributed by atoms with Crippen LogP contribution in [-0.4, -0.2) is 25.6 Å². The number of nitriles is 1. The summed E-state index contributed by atoms with van der Waals surface area (Å²) in [6, 6.07) is 11.0. The predicted octanol–water partition coefficient (Wildman–Crippen LogP) is 1.61. The molecule has 0 atom stereocenters. The maximum absolute atomic E-state index is 12.0. The highest BCUT2D eigenvalue weighted by atomic mass is 32.2. The molecule has 0 unspecified atom stereocenters. The van der Waals surface area contributed by atoms with Crippen LogP contribution in [0.5, 0.6) is 0 Å². The third-order valence-corrected chi connectivity index (χ3v) is 3.63. The summed E-state index contributed by atoms with van der Waals surface area (Å²) in [4.78, 5) is 15.8. The molecule has 0 saturated carbocycles. The van der Waals surface area contributed by atoms with Gasteiger partial charge in [-0.15, -0.1) is 0 Å². The number of carbonyl (C=O) groups excluding carboxylic acids is 1. The first-order chi connectivity index (χ1) is 9.90. The molecule has 21 heavy (non-hydrogen) atoms. The van der Waals surface area contributed by atoms with E-state index in [1.54, 1.807) is 18.2 Å². The van der Waals surface area contributed by atoms with Gasteiger partial charge in [-0.1, -0.05) is 6.07 Å². The molecule has 106 valence electrons. The van der Waals surface area contributed by atoms with Crippen molar-refractivity contribution in [1.29, 1.82) is 5.26 Å². The van der Waals surface area contributed by atoms with Gasteiger partial charge in [-0.25, -0.2) is 13.4 Å². The first kappa shape index (κ1) is 14.7. The molecule has 1 amide bonds. The number of hydrogen-bond donors (Lipinski definition) is 1. The average Bonchev–Trinajstić information content (AvgIpc) is 2.47. The molecular formula is C14H11N3O3S. The third-order valence-electron chi connectivity index (χ3n) is 2.63. The zero-order valence-corrected chi connectivity index (χ0v) is 11.9. The van der Waals surface area contributed by atoms with Crippen LogP contribution in [0.25, 0.3) is 0 Å². The molecule has 7 heteroatoms. The number of benzene rings is 1. The van der Waals surface area contributed by atoms with Crippen molar-refractivity contribution in [3.05, 3.63) is 53.7 Å². The van der Waals surface area contributed by atoms with E-state index in [9.17, 15) is 13.2 Å². The molecule has 0 aliphatic carbocycles. The second kappa shape index (κ2) is 5.73. The quantitative estimate of drug-likeness (QED) is 0.928. The maximum atomic E-state index is 12.0. The second-order valence-electron chi connectivity index (χ2n) is 4.30. The molecule has 1 heterocycles. The van der Waals surface area contributed by atoms with Crippen LogP contribution in [0.1, 0.15) is 15.9 Å². The molecule has 0 aliphatic rings. The van der Waals surface area contributed by atoms with E-state index in [1.165, 1.54) is 24.4 Å². The summed E-state index contributed by atoms with van der Waals surface area (Å²) >= 11 is 0. The Morgan fingerprint density at radius 1 is 1.29 bits per heavy atom. The van der Waals surface area contributed by atoms with Crippen LogP contribution in [-0.2, 0) is 9.84 Å². The molecule has 0 spiro atoms. The molecule has 0 fully saturated rings. The molecule has 2 aromatic rings. The van der Waals surface area contributed by atoms with Crippen LogP contribution in [0, 0.1) is 11.3 Å². The van der Waals surface area contributed by atoms with Gasteiger partial charge in [0.15, 0.2) is 14.9 Å². The summed E-state index contributed by atoms with van der Waals surface area (Å²) in [5.74, 6) is -0.402. The molecule has 6 nitrogen and oxygen atoms in total. The smallest absolute Gasteiger partial charge is 0.255 e. The molecule has 0 bridgehead atoms. The van der Waals surface area contributed by atoms with Gasteiger partial charge in [-0.05, 0) is 30.3 Å². The van der Waals surface area contributed by atoms with Crippen LogP contribution in [0.15, 0.2) is 47.6 Å². The van der Waals surface area contributed by atoms with E-state index < -0.39 is 15.7 Å². The SMILES string of the molecule is CS(=O)(=O)c1ccc(NC(=O)c2cccc(C#N)c2)cn1. The monoisotopic (exact) mass is 301 g/mol. The number of nitrogens with one attached hydrogen (secondary N) is 1. The summed E-state index contributed by atoms with van der Waals surface area (Å²) in [6.45, 7) is 0. The molecule has 2 rings (SSSR count). The lowest BCUT2D eigenvalue weighted by atomic mass is 10.1. The van der Waals surface area contributed by atoms with E-state index >= 15 is 0 Å². The Labute approximate surface area is 122 Å². The summed E-state index contributed by atoms with van der Waals surface area (Å²) in [5, 5.41) is 11.3. The Hall–Kier alpha value is -2.72. The van der Waals surface area contributed by atoms with Crippen LogP contribution in [0.2, 0.25) is 0 Å². The van der Waals surface area contributed by atoms with Crippen molar-refractivity contribution in [1.82, 2.24) is 4.98 Å². The summed E-state index contributed by atoms with van der Waals surface area (Å²) in [6.07, 6.45) is 2.32. The van der Waals surface area contributed by atoms with Crippen molar-refractivity contribution in [2.24, 2.45) is 0 Å². The van der Waals surface area contributed by atoms with Gasteiger partial charge in [0.2, 0.25) is 0 Å². The van der Waals surface area contributed by atoms with Crippen molar-refractivity contribution < 1.29 is 13.2 Å². The molecule has 0 aliphatic heterocycles. The van der Waals surface area contributed by atoms with Gasteiger partial charge >= 0.3 is 0 Å². The van der Waals surface area contributed by atoms with E-state index in [2.05, 4.69) is 10.3 Å². The number of rotatable bonds is 3. The number of anilines is 1. The predicted molar refractivity (Wildman–Crippen MR) is 76.5 cm³/mol. The fraction of sp³-hybridized carbons (Fsp3) is 0.0714. The van der Waals surface area contributed by atoms with Crippen LogP contribution in [0.4, 0.5) is 5.69 Å². The highest BCUT2D eigenvalue weighted by Gasteiger charge is 2.10. The number of nitrogens with zero attached hydrogens (tertiary/aromatic N) is 2. The lowest BCUT2D eigenvalue weighted by Gasteiger charge is -2.05. The van der Waals surface area contributed by atoms with Crippen LogP contribution < -0.4 is 5.32 Å². The first-order valence-corrected chi connectivity index (χ1v) is 7.77. The fourth-order valence-electron chi connectivity index (χ4n) is 1.61. The summed E-state index contributed by atoms with van der Waals surface area (Å²) < 4.78 is 22.6. The van der Waals surface area contributed by atoms with E-state index in [-0.39, 0.29) is 5.03 Å². The summed E-state index contributed by atoms with van der Waals surface area (Å²) in [7, 11) is -3.37. The molecule has 0 radical (unpaired) electrons. The minimum absolute atomic E-state index is 0.0630. The topological polar surface area (TPSA) is 99.9 Å². The lowest BCUT2D eigenvalue weighted by molar-refractivity contribution is 0.102. The Balaban J connectivity index is 2.18. The zero-order chi connectivity index (χ0) is 15.5. The highest BCUT2D eigenvalue weighted by molar-refractivity contribution is 7.90. The Bertz CT molecular complexity index is 821. The van der Waals surface area contributed by atoms with E-state index in [0.29, 0.717) is 16.8 Å². The molecule has 1 aromatic carbocycles. The minimum Gasteiger partial charge on any atom is -0.321 e. The van der Waals surface area contributed by atoms with Crippen molar-refractivity contribution in [3.8, 4) is 6.07 Å². The van der Waals surface area contributed by atoms with Gasteiger partial charge in [0, 0.05) is 11.8 Å². The number of pyridine rings is 1. The van der Waals surface area contributed by atoms with Crippen LogP contribution in [0.3, 0.4) is 0 Å². The van der Waals surface area contributed by atoms with Crippen molar-refractivity contribution in [3.63, 3.8) is 0 Å². The molecular weight excluding hydrogens is 290 g/mol. The summed E-state index contributed by atoms with van der Waals surface area (Å²) in [5.41, 5.74) is 1.09. The van der Waals surface area contributed by atoms with Gasteiger partial charge in [0.05, 0.1) is 23.5 Å². The Morgan fingerprint density at radius 2 is 2.05 bits per heavy atom. The Morgan fingerprint density at radius 3 is 2.62 bits per heavy atom. The maximum Gasteiger partial charge on any atom is 0.255 e. The number of carbonyl (C=O) groups is 1. The number of sulfone groups is 1. The van der Waals surface area contributed by atoms with Crippen LogP contribution >= 0.6 is 0 Å². The molecule has 1 N–H and O–H groups in total. The van der Waals surface area contributed by atoms with Gasteiger partial charge in [-0.3, -0.25) is 4.79 Å². The number of aromatic nitrogens is 1. The third kappa shape index (κ3) is 3.64. The Kier molecular flexibility index (Phi) is 4.00.